The van der Waals surface area contributed by atoms with Crippen molar-refractivity contribution in [1.82, 2.24) is 4.57 Å². The van der Waals surface area contributed by atoms with Gasteiger partial charge in [-0.25, -0.2) is 4.39 Å². The number of halogens is 4. The molecule has 1 aromatic carbocycles. The maximum Gasteiger partial charge on any atom is 0.418 e. The van der Waals surface area contributed by atoms with Crippen molar-refractivity contribution < 1.29 is 32.6 Å². The van der Waals surface area contributed by atoms with Gasteiger partial charge in [0.2, 0.25) is 0 Å². The minimum absolute atomic E-state index is 0.0925. The molecular formula is C19H21F4N2O5-. The number of rotatable bonds is 7. The summed E-state index contributed by atoms with van der Waals surface area (Å²) >= 11 is 0. The van der Waals surface area contributed by atoms with E-state index in [9.17, 15) is 32.7 Å². The summed E-state index contributed by atoms with van der Waals surface area (Å²) < 4.78 is 61.0. The van der Waals surface area contributed by atoms with Crippen LogP contribution in [0, 0.1) is 11.0 Å². The number of nitrogens with zero attached hydrogens (tertiary/aromatic N) is 2. The Balaban J connectivity index is 2.52. The van der Waals surface area contributed by atoms with Crippen LogP contribution < -0.4 is 15.5 Å². The number of alkyl halides is 3. The maximum absolute atomic E-state index is 13.9. The minimum atomic E-state index is -5.18. The molecule has 1 heterocycles. The van der Waals surface area contributed by atoms with Gasteiger partial charge >= 0.3 is 6.18 Å². The zero-order chi connectivity index (χ0) is 22.9. The van der Waals surface area contributed by atoms with E-state index in [4.69, 9.17) is 9.94 Å². The third-order valence-electron chi connectivity index (χ3n) is 4.79. The van der Waals surface area contributed by atoms with Gasteiger partial charge in [-0.3, -0.25) is 10.0 Å². The monoisotopic (exact) mass is 433 g/mol. The third kappa shape index (κ3) is 4.74. The van der Waals surface area contributed by atoms with Crippen molar-refractivity contribution in [3.8, 4) is 5.75 Å². The van der Waals surface area contributed by atoms with Crippen LogP contribution in [0.1, 0.15) is 25.8 Å². The van der Waals surface area contributed by atoms with E-state index in [0.717, 1.165) is 30.5 Å². The summed E-state index contributed by atoms with van der Waals surface area (Å²) in [6.45, 7) is 1.48. The molecule has 0 bridgehead atoms. The van der Waals surface area contributed by atoms with Crippen LogP contribution >= 0.6 is 0 Å². The highest BCUT2D eigenvalue weighted by molar-refractivity contribution is 5.42. The van der Waals surface area contributed by atoms with E-state index >= 15 is 0 Å². The van der Waals surface area contributed by atoms with Crippen molar-refractivity contribution in [1.29, 1.82) is 0 Å². The number of hydrogen-bond acceptors (Lipinski definition) is 6. The SMILES string of the molecule is COc1ccc(F)cc1C(C)(C)CC(O)(Cn1cccc(N([O-])O)c1=O)C(F)(F)F. The van der Waals surface area contributed by atoms with Gasteiger partial charge in [0.25, 0.3) is 5.56 Å². The summed E-state index contributed by atoms with van der Waals surface area (Å²) in [5, 5.41) is 29.8. The van der Waals surface area contributed by atoms with E-state index in [2.05, 4.69) is 0 Å². The number of aliphatic hydroxyl groups is 1. The van der Waals surface area contributed by atoms with Gasteiger partial charge in [-0.2, -0.15) is 13.2 Å². The van der Waals surface area contributed by atoms with Crippen LogP contribution in [0.4, 0.5) is 23.2 Å². The number of methoxy groups -OCH3 is 1. The molecule has 0 aliphatic carbocycles. The molecule has 0 saturated carbocycles. The van der Waals surface area contributed by atoms with Gasteiger partial charge in [-0.15, -0.1) is 0 Å². The first-order valence-electron chi connectivity index (χ1n) is 8.70. The second-order valence-corrected chi connectivity index (χ2v) is 7.53. The summed E-state index contributed by atoms with van der Waals surface area (Å²) in [6, 6.07) is 5.36. The molecule has 0 fully saturated rings. The summed E-state index contributed by atoms with van der Waals surface area (Å²) in [4.78, 5) is 12.2. The molecule has 11 heteroatoms. The molecule has 0 aliphatic heterocycles. The molecule has 2 rings (SSSR count). The van der Waals surface area contributed by atoms with Crippen molar-refractivity contribution in [2.75, 3.05) is 12.3 Å². The molecular weight excluding hydrogens is 412 g/mol. The molecule has 0 saturated heterocycles. The van der Waals surface area contributed by atoms with Crippen molar-refractivity contribution in [2.24, 2.45) is 0 Å². The van der Waals surface area contributed by atoms with Crippen LogP contribution in [0.3, 0.4) is 0 Å². The van der Waals surface area contributed by atoms with E-state index in [1.807, 2.05) is 0 Å². The smallest absolute Gasteiger partial charge is 0.418 e. The fourth-order valence-electron chi connectivity index (χ4n) is 3.36. The summed E-state index contributed by atoms with van der Waals surface area (Å²) in [5.74, 6) is -0.566. The number of aromatic nitrogens is 1. The lowest BCUT2D eigenvalue weighted by Crippen LogP contribution is -2.53. The molecule has 1 atom stereocenters. The second-order valence-electron chi connectivity index (χ2n) is 7.53. The Bertz CT molecular complexity index is 959. The Morgan fingerprint density at radius 3 is 2.40 bits per heavy atom. The molecule has 166 valence electrons. The lowest BCUT2D eigenvalue weighted by atomic mass is 9.74. The van der Waals surface area contributed by atoms with E-state index in [0.29, 0.717) is 4.57 Å². The van der Waals surface area contributed by atoms with Gasteiger partial charge in [0.15, 0.2) is 5.60 Å². The van der Waals surface area contributed by atoms with Gasteiger partial charge in [-0.05, 0) is 42.2 Å². The van der Waals surface area contributed by atoms with E-state index in [-0.39, 0.29) is 11.3 Å². The van der Waals surface area contributed by atoms with Gasteiger partial charge in [0.1, 0.15) is 17.3 Å². The first kappa shape index (κ1) is 23.6. The van der Waals surface area contributed by atoms with Crippen molar-refractivity contribution in [3.63, 3.8) is 0 Å². The molecule has 7 nitrogen and oxygen atoms in total. The number of benzene rings is 1. The molecule has 0 spiro atoms. The Hall–Kier alpha value is -2.63. The zero-order valence-corrected chi connectivity index (χ0v) is 16.4. The average molecular weight is 433 g/mol. The second kappa shape index (κ2) is 8.25. The van der Waals surface area contributed by atoms with Crippen molar-refractivity contribution in [2.45, 2.75) is 44.0 Å². The fraction of sp³-hybridized carbons (Fsp3) is 0.421. The van der Waals surface area contributed by atoms with Gasteiger partial charge in [0, 0.05) is 11.8 Å². The highest BCUT2D eigenvalue weighted by Crippen LogP contribution is 2.44. The maximum atomic E-state index is 13.9. The molecule has 2 N–H and O–H groups in total. The quantitative estimate of drug-likeness (QED) is 0.513. The molecule has 30 heavy (non-hydrogen) atoms. The topological polar surface area (TPSA) is 98.0 Å². The summed E-state index contributed by atoms with van der Waals surface area (Å²) in [6.07, 6.45) is -5.20. The number of pyridine rings is 1. The number of ether oxygens (including phenoxy) is 1. The van der Waals surface area contributed by atoms with E-state index in [1.165, 1.54) is 27.0 Å². The molecule has 2 aromatic rings. The molecule has 0 aliphatic rings. The Morgan fingerprint density at radius 1 is 1.23 bits per heavy atom. The lowest BCUT2D eigenvalue weighted by Gasteiger charge is -2.38. The normalized spacial score (nSPS) is 14.3. The largest absolute Gasteiger partial charge is 0.733 e. The first-order chi connectivity index (χ1) is 13.7. The van der Waals surface area contributed by atoms with Crippen LogP contribution in [0.2, 0.25) is 0 Å². The number of hydrogen-bond donors (Lipinski definition) is 2. The van der Waals surface area contributed by atoms with E-state index in [1.54, 1.807) is 0 Å². The predicted octanol–water partition coefficient (Wildman–Crippen LogP) is 3.35. The van der Waals surface area contributed by atoms with Crippen molar-refractivity contribution >= 4 is 5.69 Å². The van der Waals surface area contributed by atoms with Crippen LogP contribution in [0.15, 0.2) is 41.3 Å². The average Bonchev–Trinajstić information content (AvgIpc) is 2.61. The van der Waals surface area contributed by atoms with E-state index < -0.39 is 52.4 Å². The standard InChI is InChI=1S/C19H21F4N2O5/c1-17(2,13-9-12(20)6-7-15(13)30-3)10-18(27,19(21,22)23)11-24-8-4-5-14(16(24)26)25(28)29/h4-9,27-28H,10-11H2,1-3H3/q-1. The zero-order valence-electron chi connectivity index (χ0n) is 16.4. The first-order valence-corrected chi connectivity index (χ1v) is 8.70. The lowest BCUT2D eigenvalue weighted by molar-refractivity contribution is -0.271. The van der Waals surface area contributed by atoms with Gasteiger partial charge < -0.3 is 24.8 Å². The van der Waals surface area contributed by atoms with Crippen LogP contribution in [-0.2, 0) is 12.0 Å². The number of anilines is 1. The Morgan fingerprint density at radius 2 is 1.87 bits per heavy atom. The predicted molar refractivity (Wildman–Crippen MR) is 99.9 cm³/mol. The van der Waals surface area contributed by atoms with Crippen LogP contribution in [-0.4, -0.2) is 33.8 Å². The van der Waals surface area contributed by atoms with Gasteiger partial charge in [-0.1, -0.05) is 13.8 Å². The molecule has 0 radical (unpaired) electrons. The van der Waals surface area contributed by atoms with Crippen LogP contribution in [0.5, 0.6) is 5.75 Å². The van der Waals surface area contributed by atoms with Gasteiger partial charge in [0.05, 0.1) is 13.7 Å². The summed E-state index contributed by atoms with van der Waals surface area (Å²) in [5.41, 5.74) is -6.82. The minimum Gasteiger partial charge on any atom is -0.733 e. The molecule has 1 unspecified atom stereocenters. The molecule has 0 amide bonds. The third-order valence-corrected chi connectivity index (χ3v) is 4.79. The van der Waals surface area contributed by atoms with Crippen LogP contribution in [0.25, 0.3) is 0 Å². The molecule has 1 aromatic heterocycles. The highest BCUT2D eigenvalue weighted by Gasteiger charge is 2.56. The van der Waals surface area contributed by atoms with Crippen molar-refractivity contribution in [3.05, 3.63) is 63.5 Å². The Labute approximate surface area is 169 Å². The summed E-state index contributed by atoms with van der Waals surface area (Å²) in [7, 11) is 1.28. The highest BCUT2D eigenvalue weighted by atomic mass is 19.4. The fourth-order valence-corrected chi connectivity index (χ4v) is 3.36. The Kier molecular flexibility index (Phi) is 6.50.